The predicted octanol–water partition coefficient (Wildman–Crippen LogP) is -1.36. The van der Waals surface area contributed by atoms with Gasteiger partial charge < -0.3 is 45.4 Å². The quantitative estimate of drug-likeness (QED) is 0.184. The number of hydrogen-bond acceptors (Lipinski definition) is 9. The number of aliphatic hydroxyl groups is 6. The summed E-state index contributed by atoms with van der Waals surface area (Å²) in [4.78, 5) is 12.3. The van der Waals surface area contributed by atoms with Gasteiger partial charge in [-0.3, -0.25) is 4.79 Å². The third-order valence-electron chi connectivity index (χ3n) is 5.18. The summed E-state index contributed by atoms with van der Waals surface area (Å²) in [5, 5.41) is 62.1. The highest BCUT2D eigenvalue weighted by atomic mass is 16.7. The Morgan fingerprint density at radius 2 is 1.73 bits per heavy atom. The Labute approximate surface area is 177 Å². The van der Waals surface area contributed by atoms with Crippen LogP contribution in [-0.4, -0.2) is 98.7 Å². The zero-order chi connectivity index (χ0) is 22.8. The van der Waals surface area contributed by atoms with E-state index >= 15 is 0 Å². The van der Waals surface area contributed by atoms with Crippen molar-refractivity contribution in [2.24, 2.45) is 5.92 Å². The molecule has 0 aromatic carbocycles. The third-order valence-corrected chi connectivity index (χ3v) is 5.18. The molecule has 1 fully saturated rings. The number of carbonyl (C=O) groups excluding carboxylic acids is 1. The molecule has 0 bridgehead atoms. The Morgan fingerprint density at radius 1 is 1.07 bits per heavy atom. The predicted molar refractivity (Wildman–Crippen MR) is 107 cm³/mol. The standard InChI is InChI=1S/C20H39NO9/c1-4-5-12(23)8-16(25)21-13(14(24)7-6-11(2)3)10-29-20-19(28)18(27)17(26)15(9-22)30-20/h11-15,17-20,22-24,26-28H,4-10H2,1-3H3,(H,21,25)/t12-,13+,14-,15?,17+,18+,19?,20+/m1/s1. The fourth-order valence-corrected chi connectivity index (χ4v) is 3.27. The SMILES string of the molecule is CCC[C@@H](O)CC(=O)N[C@@H](CO[C@H]1OC(CO)[C@H](O)[C@H](O)C1O)[C@H](O)CCC(C)C. The second kappa shape index (κ2) is 13.5. The molecular formula is C20H39NO9. The maximum absolute atomic E-state index is 12.3. The van der Waals surface area contributed by atoms with Crippen LogP contribution in [0.3, 0.4) is 0 Å². The lowest BCUT2D eigenvalue weighted by molar-refractivity contribution is -0.302. The van der Waals surface area contributed by atoms with Gasteiger partial charge in [-0.25, -0.2) is 0 Å². The minimum absolute atomic E-state index is 0.110. The molecule has 7 N–H and O–H groups in total. The number of rotatable bonds is 13. The molecule has 10 nitrogen and oxygen atoms in total. The monoisotopic (exact) mass is 437 g/mol. The number of nitrogens with one attached hydrogen (secondary N) is 1. The first-order valence-electron chi connectivity index (χ1n) is 10.7. The second-order valence-corrected chi connectivity index (χ2v) is 8.39. The normalized spacial score (nSPS) is 30.1. The molecule has 1 heterocycles. The van der Waals surface area contributed by atoms with Gasteiger partial charge in [0.15, 0.2) is 6.29 Å². The van der Waals surface area contributed by atoms with Gasteiger partial charge in [0.2, 0.25) is 5.91 Å². The molecule has 0 aliphatic carbocycles. The van der Waals surface area contributed by atoms with Crippen LogP contribution in [-0.2, 0) is 14.3 Å². The molecule has 1 aliphatic rings. The van der Waals surface area contributed by atoms with Crippen LogP contribution in [0.5, 0.6) is 0 Å². The van der Waals surface area contributed by atoms with E-state index in [1.54, 1.807) is 0 Å². The average molecular weight is 438 g/mol. The van der Waals surface area contributed by atoms with Crippen LogP contribution in [0.15, 0.2) is 0 Å². The van der Waals surface area contributed by atoms with E-state index in [1.165, 1.54) is 0 Å². The summed E-state index contributed by atoms with van der Waals surface area (Å²) in [6.45, 7) is 5.08. The molecule has 0 spiro atoms. The first kappa shape index (κ1) is 27.2. The summed E-state index contributed by atoms with van der Waals surface area (Å²) < 4.78 is 10.8. The smallest absolute Gasteiger partial charge is 0.222 e. The highest BCUT2D eigenvalue weighted by molar-refractivity contribution is 5.76. The molecule has 2 unspecified atom stereocenters. The summed E-state index contributed by atoms with van der Waals surface area (Å²) >= 11 is 0. The van der Waals surface area contributed by atoms with Gasteiger partial charge in [-0.1, -0.05) is 27.2 Å². The van der Waals surface area contributed by atoms with Crippen LogP contribution < -0.4 is 5.32 Å². The van der Waals surface area contributed by atoms with Crippen molar-refractivity contribution in [1.82, 2.24) is 5.32 Å². The van der Waals surface area contributed by atoms with Crippen LogP contribution >= 0.6 is 0 Å². The molecule has 10 heteroatoms. The maximum Gasteiger partial charge on any atom is 0.222 e. The van der Waals surface area contributed by atoms with E-state index in [0.717, 1.165) is 6.42 Å². The summed E-state index contributed by atoms with van der Waals surface area (Å²) in [6.07, 6.45) is -6.63. The van der Waals surface area contributed by atoms with Gasteiger partial charge in [0.05, 0.1) is 37.9 Å². The van der Waals surface area contributed by atoms with Crippen LogP contribution in [0.1, 0.15) is 52.9 Å². The van der Waals surface area contributed by atoms with E-state index in [4.69, 9.17) is 9.47 Å². The van der Waals surface area contributed by atoms with Gasteiger partial charge in [-0.2, -0.15) is 0 Å². The zero-order valence-electron chi connectivity index (χ0n) is 18.1. The molecule has 0 radical (unpaired) electrons. The van der Waals surface area contributed by atoms with Gasteiger partial charge >= 0.3 is 0 Å². The lowest BCUT2D eigenvalue weighted by atomic mass is 9.99. The lowest BCUT2D eigenvalue weighted by Gasteiger charge is -2.40. The highest BCUT2D eigenvalue weighted by Gasteiger charge is 2.44. The summed E-state index contributed by atoms with van der Waals surface area (Å²) in [7, 11) is 0. The van der Waals surface area contributed by atoms with E-state index < -0.39 is 61.5 Å². The zero-order valence-corrected chi connectivity index (χ0v) is 18.1. The number of carbonyl (C=O) groups is 1. The number of ether oxygens (including phenoxy) is 2. The van der Waals surface area contributed by atoms with Gasteiger partial charge in [0.25, 0.3) is 0 Å². The van der Waals surface area contributed by atoms with Crippen molar-refractivity contribution in [3.63, 3.8) is 0 Å². The van der Waals surface area contributed by atoms with Crippen molar-refractivity contribution < 1.29 is 44.9 Å². The van der Waals surface area contributed by atoms with Gasteiger partial charge in [-0.05, 0) is 25.2 Å². The highest BCUT2D eigenvalue weighted by Crippen LogP contribution is 2.22. The fraction of sp³-hybridized carbons (Fsp3) is 0.950. The molecule has 178 valence electrons. The van der Waals surface area contributed by atoms with Crippen molar-refractivity contribution in [2.75, 3.05) is 13.2 Å². The first-order valence-corrected chi connectivity index (χ1v) is 10.7. The topological polar surface area (TPSA) is 169 Å². The lowest BCUT2D eigenvalue weighted by Crippen LogP contribution is -2.60. The maximum atomic E-state index is 12.3. The third kappa shape index (κ3) is 8.72. The van der Waals surface area contributed by atoms with E-state index in [-0.39, 0.29) is 13.0 Å². The molecule has 30 heavy (non-hydrogen) atoms. The molecule has 1 saturated heterocycles. The minimum Gasteiger partial charge on any atom is -0.394 e. The van der Waals surface area contributed by atoms with Crippen LogP contribution in [0.2, 0.25) is 0 Å². The number of hydrogen-bond donors (Lipinski definition) is 7. The summed E-state index contributed by atoms with van der Waals surface area (Å²) in [5.41, 5.74) is 0. The molecule has 0 aromatic heterocycles. The van der Waals surface area contributed by atoms with E-state index in [2.05, 4.69) is 5.32 Å². The number of aliphatic hydroxyl groups excluding tert-OH is 6. The largest absolute Gasteiger partial charge is 0.394 e. The summed E-state index contributed by atoms with van der Waals surface area (Å²) in [6, 6.07) is -0.836. The molecule has 0 aromatic rings. The Balaban J connectivity index is 2.75. The van der Waals surface area contributed by atoms with Crippen LogP contribution in [0, 0.1) is 5.92 Å². The van der Waals surface area contributed by atoms with Crippen LogP contribution in [0.4, 0.5) is 0 Å². The minimum atomic E-state index is -1.58. The van der Waals surface area contributed by atoms with E-state index in [0.29, 0.717) is 25.2 Å². The van der Waals surface area contributed by atoms with Crippen molar-refractivity contribution >= 4 is 5.91 Å². The number of amides is 1. The van der Waals surface area contributed by atoms with E-state index in [9.17, 15) is 35.4 Å². The molecule has 0 saturated carbocycles. The Morgan fingerprint density at radius 3 is 2.30 bits per heavy atom. The van der Waals surface area contributed by atoms with Gasteiger partial charge in [0.1, 0.15) is 24.4 Å². The van der Waals surface area contributed by atoms with Crippen molar-refractivity contribution in [2.45, 2.75) is 102 Å². The Hall–Kier alpha value is -0.850. The molecular weight excluding hydrogens is 398 g/mol. The second-order valence-electron chi connectivity index (χ2n) is 8.39. The summed E-state index contributed by atoms with van der Waals surface area (Å²) in [5.74, 6) is -0.101. The van der Waals surface area contributed by atoms with Crippen molar-refractivity contribution in [3.05, 3.63) is 0 Å². The Kier molecular flexibility index (Phi) is 12.3. The molecule has 1 amide bonds. The first-order chi connectivity index (χ1) is 14.1. The fourth-order valence-electron chi connectivity index (χ4n) is 3.27. The molecule has 8 atom stereocenters. The van der Waals surface area contributed by atoms with Gasteiger partial charge in [0, 0.05) is 0 Å². The van der Waals surface area contributed by atoms with Crippen molar-refractivity contribution in [3.8, 4) is 0 Å². The van der Waals surface area contributed by atoms with Gasteiger partial charge in [-0.15, -0.1) is 0 Å². The molecule has 1 rings (SSSR count). The van der Waals surface area contributed by atoms with E-state index in [1.807, 2.05) is 20.8 Å². The Bertz CT molecular complexity index is 491. The average Bonchev–Trinajstić information content (AvgIpc) is 2.68. The molecule has 1 aliphatic heterocycles. The van der Waals surface area contributed by atoms with Crippen LogP contribution in [0.25, 0.3) is 0 Å². The van der Waals surface area contributed by atoms with Crippen molar-refractivity contribution in [1.29, 1.82) is 0 Å².